The van der Waals surface area contributed by atoms with Crippen LogP contribution in [0.3, 0.4) is 0 Å². The SMILES string of the molecule is COC(=O)C(C)(O)CNC1CCCC1CO. The molecule has 3 N–H and O–H groups in total. The smallest absolute Gasteiger partial charge is 0.338 e. The average Bonchev–Trinajstić information content (AvgIpc) is 2.72. The minimum absolute atomic E-state index is 0.151. The maximum atomic E-state index is 11.2. The number of hydrogen-bond donors (Lipinski definition) is 3. The fourth-order valence-electron chi connectivity index (χ4n) is 2.15. The largest absolute Gasteiger partial charge is 0.467 e. The van der Waals surface area contributed by atoms with Crippen molar-refractivity contribution in [2.75, 3.05) is 20.3 Å². The zero-order valence-electron chi connectivity index (χ0n) is 9.90. The summed E-state index contributed by atoms with van der Waals surface area (Å²) in [6.45, 7) is 1.73. The molecule has 1 rings (SSSR count). The molecule has 1 saturated carbocycles. The van der Waals surface area contributed by atoms with Crippen LogP contribution in [0, 0.1) is 5.92 Å². The first-order chi connectivity index (χ1) is 7.51. The summed E-state index contributed by atoms with van der Waals surface area (Å²) in [5.74, 6) is -0.410. The molecule has 0 aromatic heterocycles. The van der Waals surface area contributed by atoms with E-state index < -0.39 is 11.6 Å². The van der Waals surface area contributed by atoms with E-state index in [9.17, 15) is 9.90 Å². The van der Waals surface area contributed by atoms with E-state index in [-0.39, 0.29) is 25.1 Å². The summed E-state index contributed by atoms with van der Waals surface area (Å²) in [5.41, 5.74) is -1.50. The van der Waals surface area contributed by atoms with Crippen molar-refractivity contribution in [2.24, 2.45) is 5.92 Å². The summed E-state index contributed by atoms with van der Waals surface area (Å²) in [4.78, 5) is 11.2. The summed E-state index contributed by atoms with van der Waals surface area (Å²) < 4.78 is 4.51. The van der Waals surface area contributed by atoms with Gasteiger partial charge in [0, 0.05) is 19.2 Å². The molecule has 0 aliphatic heterocycles. The number of carbonyl (C=O) groups excluding carboxylic acids is 1. The van der Waals surface area contributed by atoms with Gasteiger partial charge in [-0.05, 0) is 25.7 Å². The Kier molecular flexibility index (Phi) is 4.70. The number of esters is 1. The molecule has 5 heteroatoms. The molecule has 0 bridgehead atoms. The van der Waals surface area contributed by atoms with E-state index in [1.807, 2.05) is 0 Å². The first-order valence-electron chi connectivity index (χ1n) is 5.66. The van der Waals surface area contributed by atoms with Crippen molar-refractivity contribution < 1.29 is 19.7 Å². The normalized spacial score (nSPS) is 28.8. The molecule has 0 aromatic rings. The van der Waals surface area contributed by atoms with Crippen LogP contribution in [0.15, 0.2) is 0 Å². The van der Waals surface area contributed by atoms with E-state index >= 15 is 0 Å². The van der Waals surface area contributed by atoms with E-state index in [1.165, 1.54) is 14.0 Å². The van der Waals surface area contributed by atoms with Crippen molar-refractivity contribution in [3.8, 4) is 0 Å². The van der Waals surface area contributed by atoms with Gasteiger partial charge in [-0.1, -0.05) is 6.42 Å². The van der Waals surface area contributed by atoms with Crippen molar-refractivity contribution in [1.82, 2.24) is 5.32 Å². The Morgan fingerprint density at radius 1 is 1.56 bits per heavy atom. The summed E-state index contributed by atoms with van der Waals surface area (Å²) in [7, 11) is 1.25. The minimum Gasteiger partial charge on any atom is -0.467 e. The Morgan fingerprint density at radius 2 is 2.25 bits per heavy atom. The summed E-state index contributed by atoms with van der Waals surface area (Å²) >= 11 is 0. The van der Waals surface area contributed by atoms with E-state index in [4.69, 9.17) is 5.11 Å². The van der Waals surface area contributed by atoms with Crippen LogP contribution < -0.4 is 5.32 Å². The zero-order chi connectivity index (χ0) is 12.2. The quantitative estimate of drug-likeness (QED) is 0.564. The lowest BCUT2D eigenvalue weighted by atomic mass is 10.0. The van der Waals surface area contributed by atoms with Gasteiger partial charge in [-0.2, -0.15) is 0 Å². The second kappa shape index (κ2) is 5.61. The Bertz CT molecular complexity index is 242. The Labute approximate surface area is 95.8 Å². The van der Waals surface area contributed by atoms with Gasteiger partial charge in [0.2, 0.25) is 0 Å². The van der Waals surface area contributed by atoms with Crippen molar-refractivity contribution >= 4 is 5.97 Å². The lowest BCUT2D eigenvalue weighted by Crippen LogP contribution is -2.49. The second-order valence-electron chi connectivity index (χ2n) is 4.63. The Balaban J connectivity index is 2.41. The average molecular weight is 231 g/mol. The number of rotatable bonds is 5. The molecule has 3 unspecified atom stereocenters. The van der Waals surface area contributed by atoms with Gasteiger partial charge in [0.05, 0.1) is 7.11 Å². The molecule has 16 heavy (non-hydrogen) atoms. The van der Waals surface area contributed by atoms with Crippen LogP contribution in [0.4, 0.5) is 0 Å². The van der Waals surface area contributed by atoms with Crippen molar-refractivity contribution in [1.29, 1.82) is 0 Å². The molecule has 0 radical (unpaired) electrons. The number of nitrogens with one attached hydrogen (secondary N) is 1. The minimum atomic E-state index is -1.50. The van der Waals surface area contributed by atoms with Crippen LogP contribution in [0.2, 0.25) is 0 Å². The molecule has 0 spiro atoms. The summed E-state index contributed by atoms with van der Waals surface area (Å²) in [6, 6.07) is 0.182. The van der Waals surface area contributed by atoms with Crippen LogP contribution in [0.25, 0.3) is 0 Å². The maximum absolute atomic E-state index is 11.2. The molecule has 0 heterocycles. The highest BCUT2D eigenvalue weighted by molar-refractivity contribution is 5.78. The first kappa shape index (κ1) is 13.4. The molecular weight excluding hydrogens is 210 g/mol. The van der Waals surface area contributed by atoms with E-state index in [2.05, 4.69) is 10.1 Å². The molecule has 1 fully saturated rings. The standard InChI is InChI=1S/C11H21NO4/c1-11(15,10(14)16-2)7-12-9-5-3-4-8(9)6-13/h8-9,12-13,15H,3-7H2,1-2H3. The third kappa shape index (κ3) is 3.17. The van der Waals surface area contributed by atoms with Gasteiger partial charge in [-0.3, -0.25) is 0 Å². The zero-order valence-corrected chi connectivity index (χ0v) is 9.90. The van der Waals surface area contributed by atoms with E-state index in [0.29, 0.717) is 0 Å². The van der Waals surface area contributed by atoms with Crippen LogP contribution in [-0.2, 0) is 9.53 Å². The van der Waals surface area contributed by atoms with E-state index in [1.54, 1.807) is 0 Å². The van der Waals surface area contributed by atoms with E-state index in [0.717, 1.165) is 19.3 Å². The van der Waals surface area contributed by atoms with Crippen molar-refractivity contribution in [3.05, 3.63) is 0 Å². The number of carbonyl (C=O) groups is 1. The van der Waals surface area contributed by atoms with Gasteiger partial charge in [-0.25, -0.2) is 4.79 Å². The second-order valence-corrected chi connectivity index (χ2v) is 4.63. The topological polar surface area (TPSA) is 78.8 Å². The first-order valence-corrected chi connectivity index (χ1v) is 5.66. The van der Waals surface area contributed by atoms with Gasteiger partial charge >= 0.3 is 5.97 Å². The molecule has 0 aromatic carbocycles. The molecule has 0 amide bonds. The Morgan fingerprint density at radius 3 is 2.81 bits per heavy atom. The molecule has 1 aliphatic carbocycles. The molecule has 0 saturated heterocycles. The third-order valence-corrected chi connectivity index (χ3v) is 3.23. The number of hydrogen-bond acceptors (Lipinski definition) is 5. The van der Waals surface area contributed by atoms with Crippen LogP contribution in [-0.4, -0.2) is 48.1 Å². The highest BCUT2D eigenvalue weighted by atomic mass is 16.5. The lowest BCUT2D eigenvalue weighted by Gasteiger charge is -2.25. The molecule has 3 atom stereocenters. The Hall–Kier alpha value is -0.650. The van der Waals surface area contributed by atoms with Gasteiger partial charge in [0.25, 0.3) is 0 Å². The van der Waals surface area contributed by atoms with Crippen LogP contribution in [0.1, 0.15) is 26.2 Å². The number of methoxy groups -OCH3 is 1. The predicted molar refractivity (Wildman–Crippen MR) is 58.9 cm³/mol. The van der Waals surface area contributed by atoms with Gasteiger partial charge in [0.15, 0.2) is 5.60 Å². The third-order valence-electron chi connectivity index (χ3n) is 3.23. The summed E-state index contributed by atoms with van der Waals surface area (Å²) in [6.07, 6.45) is 3.04. The lowest BCUT2D eigenvalue weighted by molar-refractivity contribution is -0.160. The van der Waals surface area contributed by atoms with Crippen molar-refractivity contribution in [3.63, 3.8) is 0 Å². The monoisotopic (exact) mass is 231 g/mol. The highest BCUT2D eigenvalue weighted by Crippen LogP contribution is 2.25. The number of aliphatic hydroxyl groups is 2. The fourth-order valence-corrected chi connectivity index (χ4v) is 2.15. The molecule has 5 nitrogen and oxygen atoms in total. The number of ether oxygens (including phenoxy) is 1. The predicted octanol–water partition coefficient (Wildman–Crippen LogP) is -0.339. The summed E-state index contributed by atoms with van der Waals surface area (Å²) in [5, 5.41) is 22.1. The van der Waals surface area contributed by atoms with Crippen LogP contribution in [0.5, 0.6) is 0 Å². The van der Waals surface area contributed by atoms with Gasteiger partial charge in [-0.15, -0.1) is 0 Å². The van der Waals surface area contributed by atoms with Gasteiger partial charge < -0.3 is 20.3 Å². The number of aliphatic hydroxyl groups excluding tert-OH is 1. The van der Waals surface area contributed by atoms with Crippen molar-refractivity contribution in [2.45, 2.75) is 37.8 Å². The fraction of sp³-hybridized carbons (Fsp3) is 0.909. The molecule has 94 valence electrons. The highest BCUT2D eigenvalue weighted by Gasteiger charge is 2.34. The molecular formula is C11H21NO4. The maximum Gasteiger partial charge on any atom is 0.338 e. The van der Waals surface area contributed by atoms with Crippen LogP contribution >= 0.6 is 0 Å². The van der Waals surface area contributed by atoms with Gasteiger partial charge in [0.1, 0.15) is 0 Å². The molecule has 1 aliphatic rings.